The number of carbonyl (C=O) groups is 1. The summed E-state index contributed by atoms with van der Waals surface area (Å²) in [5.74, 6) is -0.313. The van der Waals surface area contributed by atoms with Crippen LogP contribution >= 0.6 is 0 Å². The molecule has 0 bridgehead atoms. The van der Waals surface area contributed by atoms with E-state index in [4.69, 9.17) is 0 Å². The van der Waals surface area contributed by atoms with E-state index in [0.717, 1.165) is 16.8 Å². The molecule has 0 aliphatic carbocycles. The Kier molecular flexibility index (Phi) is 5.01. The molecule has 0 saturated carbocycles. The van der Waals surface area contributed by atoms with Gasteiger partial charge in [0.1, 0.15) is 17.8 Å². The zero-order chi connectivity index (χ0) is 23.1. The first-order valence-electron chi connectivity index (χ1n) is 10.4. The third-order valence-electron chi connectivity index (χ3n) is 5.68. The number of fused-ring (bicyclic) bond motifs is 1. The highest BCUT2D eigenvalue weighted by molar-refractivity contribution is 6.01. The van der Waals surface area contributed by atoms with Gasteiger partial charge in [0.05, 0.1) is 18.1 Å². The Morgan fingerprint density at radius 3 is 2.70 bits per heavy atom. The summed E-state index contributed by atoms with van der Waals surface area (Å²) in [5.41, 5.74) is 4.81. The highest BCUT2D eigenvalue weighted by atomic mass is 19.1. The number of nitrogens with zero attached hydrogens (tertiary/aromatic N) is 7. The van der Waals surface area contributed by atoms with Crippen molar-refractivity contribution in [1.29, 1.82) is 0 Å². The number of hydrogen-bond acceptors (Lipinski definition) is 6. The minimum Gasteiger partial charge on any atom is -0.292 e. The summed E-state index contributed by atoms with van der Waals surface area (Å²) in [7, 11) is 1.68. The van der Waals surface area contributed by atoms with Crippen LogP contribution in [-0.2, 0) is 13.5 Å². The molecule has 4 heterocycles. The third kappa shape index (κ3) is 3.67. The van der Waals surface area contributed by atoms with Crippen LogP contribution in [0.25, 0.3) is 28.3 Å². The lowest BCUT2D eigenvalue weighted by Crippen LogP contribution is -2.13. The topological polar surface area (TPSA) is 90.9 Å². The molecular weight excluding hydrogens is 421 g/mol. The van der Waals surface area contributed by atoms with Crippen LogP contribution in [0.15, 0.2) is 55.1 Å². The van der Waals surface area contributed by atoms with Crippen LogP contribution in [0, 0.1) is 19.7 Å². The summed E-state index contributed by atoms with van der Waals surface area (Å²) in [5, 5.41) is 8.60. The molecule has 0 N–H and O–H groups in total. The maximum absolute atomic E-state index is 14.9. The van der Waals surface area contributed by atoms with E-state index in [1.165, 1.54) is 21.7 Å². The standard InChI is InChI=1S/C24H20FN7O/c1-14-15(2)26-13-27-22(14)18-11-28-31(3)23(18)20(33)9-17-10-21-29-24(16-7-5-4-6-8-16)30-32(21)12-19(17)25/h4-8,10-13H,9H2,1-3H3. The molecule has 0 aliphatic rings. The number of hydrogen-bond donors (Lipinski definition) is 0. The van der Waals surface area contributed by atoms with Crippen LogP contribution in [0.1, 0.15) is 27.3 Å². The van der Waals surface area contributed by atoms with Gasteiger partial charge in [0.15, 0.2) is 17.3 Å². The largest absolute Gasteiger partial charge is 0.292 e. The molecule has 5 rings (SSSR count). The predicted octanol–water partition coefficient (Wildman–Crippen LogP) is 3.77. The monoisotopic (exact) mass is 441 g/mol. The van der Waals surface area contributed by atoms with Gasteiger partial charge in [0.2, 0.25) is 0 Å². The molecule has 0 amide bonds. The van der Waals surface area contributed by atoms with Gasteiger partial charge in [-0.25, -0.2) is 23.9 Å². The molecule has 0 atom stereocenters. The van der Waals surface area contributed by atoms with Crippen molar-refractivity contribution in [3.63, 3.8) is 0 Å². The minimum absolute atomic E-state index is 0.147. The summed E-state index contributed by atoms with van der Waals surface area (Å²) >= 11 is 0. The highest BCUT2D eigenvalue weighted by Crippen LogP contribution is 2.27. The average molecular weight is 441 g/mol. The van der Waals surface area contributed by atoms with Gasteiger partial charge in [0, 0.05) is 35.9 Å². The molecule has 4 aromatic heterocycles. The molecule has 8 nitrogen and oxygen atoms in total. The van der Waals surface area contributed by atoms with Crippen molar-refractivity contribution in [2.24, 2.45) is 7.05 Å². The van der Waals surface area contributed by atoms with Gasteiger partial charge < -0.3 is 0 Å². The van der Waals surface area contributed by atoms with E-state index in [0.29, 0.717) is 28.4 Å². The molecule has 33 heavy (non-hydrogen) atoms. The van der Waals surface area contributed by atoms with Crippen molar-refractivity contribution in [3.8, 4) is 22.6 Å². The first-order valence-corrected chi connectivity index (χ1v) is 10.4. The molecule has 9 heteroatoms. The molecule has 0 unspecified atom stereocenters. The SMILES string of the molecule is Cc1ncnc(-c2cnn(C)c2C(=O)Cc2cc3nc(-c4ccccc4)nn3cc2F)c1C. The van der Waals surface area contributed by atoms with E-state index >= 15 is 0 Å². The molecule has 0 radical (unpaired) electrons. The number of aromatic nitrogens is 7. The zero-order valence-corrected chi connectivity index (χ0v) is 18.3. The molecule has 164 valence electrons. The molecule has 0 spiro atoms. The van der Waals surface area contributed by atoms with Gasteiger partial charge in [0.25, 0.3) is 0 Å². The summed E-state index contributed by atoms with van der Waals surface area (Å²) in [6.07, 6.45) is 4.17. The van der Waals surface area contributed by atoms with Crippen LogP contribution in [-0.4, -0.2) is 40.1 Å². The Hall–Kier alpha value is -4.27. The Bertz CT molecular complexity index is 1500. The number of carbonyl (C=O) groups excluding carboxylic acids is 1. The summed E-state index contributed by atoms with van der Waals surface area (Å²) in [6, 6.07) is 11.0. The second kappa shape index (κ2) is 8.01. The Morgan fingerprint density at radius 2 is 1.91 bits per heavy atom. The number of rotatable bonds is 5. The second-order valence-corrected chi connectivity index (χ2v) is 7.81. The van der Waals surface area contributed by atoms with Crippen LogP contribution in [0.5, 0.6) is 0 Å². The quantitative estimate of drug-likeness (QED) is 0.386. The van der Waals surface area contributed by atoms with Crippen molar-refractivity contribution in [2.75, 3.05) is 0 Å². The molecule has 0 aliphatic heterocycles. The number of Topliss-reactive ketones (excluding diaryl/α,β-unsaturated/α-hetero) is 1. The van der Waals surface area contributed by atoms with Crippen LogP contribution < -0.4 is 0 Å². The Labute approximate surface area is 188 Å². The Morgan fingerprint density at radius 1 is 1.12 bits per heavy atom. The lowest BCUT2D eigenvalue weighted by molar-refractivity contribution is 0.0983. The first-order chi connectivity index (χ1) is 15.9. The number of benzene rings is 1. The number of aryl methyl sites for hydroxylation is 2. The van der Waals surface area contributed by atoms with E-state index in [1.54, 1.807) is 19.3 Å². The van der Waals surface area contributed by atoms with Crippen LogP contribution in [0.3, 0.4) is 0 Å². The van der Waals surface area contributed by atoms with Crippen molar-refractivity contribution in [3.05, 3.63) is 83.5 Å². The van der Waals surface area contributed by atoms with E-state index in [1.807, 2.05) is 44.2 Å². The fraction of sp³-hybridized carbons (Fsp3) is 0.167. The third-order valence-corrected chi connectivity index (χ3v) is 5.68. The van der Waals surface area contributed by atoms with Crippen molar-refractivity contribution in [1.82, 2.24) is 34.3 Å². The molecular formula is C24H20FN7O. The van der Waals surface area contributed by atoms with Gasteiger partial charge in [-0.05, 0) is 25.5 Å². The van der Waals surface area contributed by atoms with Gasteiger partial charge in [-0.15, -0.1) is 5.10 Å². The Balaban J connectivity index is 1.51. The zero-order valence-electron chi connectivity index (χ0n) is 18.3. The fourth-order valence-electron chi connectivity index (χ4n) is 3.80. The van der Waals surface area contributed by atoms with Crippen LogP contribution in [0.4, 0.5) is 4.39 Å². The molecule has 5 aromatic rings. The number of ketones is 1. The smallest absolute Gasteiger partial charge is 0.186 e. The van der Waals surface area contributed by atoms with Gasteiger partial charge in [-0.1, -0.05) is 30.3 Å². The molecule has 1 aromatic carbocycles. The molecule has 0 fully saturated rings. The maximum Gasteiger partial charge on any atom is 0.186 e. The van der Waals surface area contributed by atoms with E-state index in [-0.39, 0.29) is 17.8 Å². The highest BCUT2D eigenvalue weighted by Gasteiger charge is 2.23. The fourth-order valence-corrected chi connectivity index (χ4v) is 3.80. The molecule has 0 saturated heterocycles. The van der Waals surface area contributed by atoms with Gasteiger partial charge >= 0.3 is 0 Å². The van der Waals surface area contributed by atoms with E-state index in [9.17, 15) is 9.18 Å². The minimum atomic E-state index is -0.529. The summed E-state index contributed by atoms with van der Waals surface area (Å²) in [4.78, 5) is 26.3. The first kappa shape index (κ1) is 20.6. The van der Waals surface area contributed by atoms with Crippen molar-refractivity contribution < 1.29 is 9.18 Å². The van der Waals surface area contributed by atoms with E-state index < -0.39 is 5.82 Å². The predicted molar refractivity (Wildman–Crippen MR) is 120 cm³/mol. The lowest BCUT2D eigenvalue weighted by Gasteiger charge is -2.09. The van der Waals surface area contributed by atoms with E-state index in [2.05, 4.69) is 25.1 Å². The lowest BCUT2D eigenvalue weighted by atomic mass is 10.0. The van der Waals surface area contributed by atoms with Gasteiger partial charge in [-0.3, -0.25) is 9.48 Å². The normalized spacial score (nSPS) is 11.3. The second-order valence-electron chi connectivity index (χ2n) is 7.81. The maximum atomic E-state index is 14.9. The van der Waals surface area contributed by atoms with Gasteiger partial charge in [-0.2, -0.15) is 5.10 Å². The van der Waals surface area contributed by atoms with Crippen LogP contribution in [0.2, 0.25) is 0 Å². The van der Waals surface area contributed by atoms with Crippen molar-refractivity contribution in [2.45, 2.75) is 20.3 Å². The average Bonchev–Trinajstić information content (AvgIpc) is 3.39. The number of pyridine rings is 1. The summed E-state index contributed by atoms with van der Waals surface area (Å²) in [6.45, 7) is 3.78. The summed E-state index contributed by atoms with van der Waals surface area (Å²) < 4.78 is 17.8. The number of halogens is 1. The van der Waals surface area contributed by atoms with Crippen molar-refractivity contribution >= 4 is 11.4 Å².